The average molecular weight is 301 g/mol. The summed E-state index contributed by atoms with van der Waals surface area (Å²) in [6.07, 6.45) is 0. The van der Waals surface area contributed by atoms with Crippen molar-refractivity contribution in [2.75, 3.05) is 44.4 Å². The molecule has 1 fully saturated rings. The van der Waals surface area contributed by atoms with Gasteiger partial charge in [0, 0.05) is 18.8 Å². The van der Waals surface area contributed by atoms with E-state index in [1.54, 1.807) is 29.3 Å². The van der Waals surface area contributed by atoms with E-state index in [9.17, 15) is 8.42 Å². The third-order valence-electron chi connectivity index (χ3n) is 2.78. The maximum absolute atomic E-state index is 11.8. The first-order chi connectivity index (χ1) is 9.55. The topological polar surface area (TPSA) is 93.9 Å². The van der Waals surface area contributed by atoms with Gasteiger partial charge in [-0.3, -0.25) is 0 Å². The maximum atomic E-state index is 11.8. The Bertz CT molecular complexity index is 512. The molecule has 0 aliphatic carbocycles. The molecule has 0 saturated carbocycles. The molecule has 1 saturated heterocycles. The summed E-state index contributed by atoms with van der Waals surface area (Å²) in [4.78, 5) is 2.52. The first kappa shape index (κ1) is 15.0. The molecule has 2 rings (SSSR count). The second-order valence-corrected chi connectivity index (χ2v) is 6.25. The number of anilines is 1. The normalized spacial score (nSPS) is 17.0. The molecule has 0 radical (unpaired) electrons. The molecule has 0 amide bonds. The molecule has 8 heteroatoms. The summed E-state index contributed by atoms with van der Waals surface area (Å²) in [6, 6.07) is 6.82. The van der Waals surface area contributed by atoms with Crippen LogP contribution in [0.5, 0.6) is 5.75 Å². The molecule has 112 valence electrons. The van der Waals surface area contributed by atoms with Gasteiger partial charge in [-0.15, -0.1) is 4.83 Å². The van der Waals surface area contributed by atoms with Crippen LogP contribution < -0.4 is 15.3 Å². The van der Waals surface area contributed by atoms with Gasteiger partial charge in [0.25, 0.3) is 0 Å². The smallest absolute Gasteiger partial charge is 0.227 e. The summed E-state index contributed by atoms with van der Waals surface area (Å²) in [6.45, 7) is 2.26. The van der Waals surface area contributed by atoms with Crippen LogP contribution in [0.3, 0.4) is 0 Å². The quantitative estimate of drug-likeness (QED) is 0.708. The molecule has 1 aromatic carbocycles. The van der Waals surface area contributed by atoms with E-state index in [1.807, 2.05) is 0 Å². The van der Waals surface area contributed by atoms with Crippen molar-refractivity contribution in [1.82, 2.24) is 9.84 Å². The molecule has 0 bridgehead atoms. The van der Waals surface area contributed by atoms with E-state index in [0.717, 1.165) is 0 Å². The molecule has 0 unspecified atom stereocenters. The van der Waals surface area contributed by atoms with Crippen molar-refractivity contribution in [3.63, 3.8) is 0 Å². The summed E-state index contributed by atoms with van der Waals surface area (Å²) in [5.74, 6) is 0.495. The lowest BCUT2D eigenvalue weighted by molar-refractivity contribution is 0.0272. The predicted octanol–water partition coefficient (Wildman–Crippen LogP) is -0.186. The van der Waals surface area contributed by atoms with Gasteiger partial charge in [0.2, 0.25) is 10.0 Å². The predicted molar refractivity (Wildman–Crippen MR) is 75.7 cm³/mol. The van der Waals surface area contributed by atoms with Crippen molar-refractivity contribution in [3.05, 3.63) is 24.3 Å². The lowest BCUT2D eigenvalue weighted by Crippen LogP contribution is -2.49. The average Bonchev–Trinajstić information content (AvgIpc) is 2.41. The Hall–Kier alpha value is -1.35. The van der Waals surface area contributed by atoms with Gasteiger partial charge in [0.05, 0.1) is 19.0 Å². The minimum absolute atomic E-state index is 0.0869. The van der Waals surface area contributed by atoms with E-state index in [2.05, 4.69) is 4.83 Å². The minimum Gasteiger partial charge on any atom is -0.492 e. The van der Waals surface area contributed by atoms with Gasteiger partial charge in [0.15, 0.2) is 0 Å². The SMILES string of the molecule is Nc1ccc(OCCS(=O)(=O)NN2CCOCC2)cc1. The van der Waals surface area contributed by atoms with Crippen LogP contribution in [0, 0.1) is 0 Å². The van der Waals surface area contributed by atoms with E-state index in [1.165, 1.54) is 0 Å². The zero-order chi connectivity index (χ0) is 14.4. The largest absolute Gasteiger partial charge is 0.492 e. The van der Waals surface area contributed by atoms with E-state index >= 15 is 0 Å². The van der Waals surface area contributed by atoms with Crippen LogP contribution >= 0.6 is 0 Å². The van der Waals surface area contributed by atoms with Gasteiger partial charge in [-0.1, -0.05) is 0 Å². The summed E-state index contributed by atoms with van der Waals surface area (Å²) < 4.78 is 34.2. The van der Waals surface area contributed by atoms with Crippen LogP contribution in [0.25, 0.3) is 0 Å². The van der Waals surface area contributed by atoms with Gasteiger partial charge >= 0.3 is 0 Å². The number of nitrogen functional groups attached to an aromatic ring is 1. The lowest BCUT2D eigenvalue weighted by Gasteiger charge is -2.26. The molecule has 1 heterocycles. The van der Waals surface area contributed by atoms with Crippen LogP contribution in [-0.4, -0.2) is 52.1 Å². The number of hydrogen-bond donors (Lipinski definition) is 2. The van der Waals surface area contributed by atoms with Crippen molar-refractivity contribution in [1.29, 1.82) is 0 Å². The van der Waals surface area contributed by atoms with E-state index in [-0.39, 0.29) is 12.4 Å². The zero-order valence-corrected chi connectivity index (χ0v) is 11.9. The fraction of sp³-hybridized carbons (Fsp3) is 0.500. The van der Waals surface area contributed by atoms with Crippen molar-refractivity contribution < 1.29 is 17.9 Å². The molecule has 3 N–H and O–H groups in total. The number of hydrazine groups is 1. The third kappa shape index (κ3) is 4.97. The molecular weight excluding hydrogens is 282 g/mol. The first-order valence-corrected chi connectivity index (χ1v) is 8.01. The fourth-order valence-corrected chi connectivity index (χ4v) is 2.70. The van der Waals surface area contributed by atoms with Gasteiger partial charge in [0.1, 0.15) is 12.4 Å². The van der Waals surface area contributed by atoms with E-state index in [0.29, 0.717) is 37.7 Å². The molecule has 7 nitrogen and oxygen atoms in total. The van der Waals surface area contributed by atoms with Crippen molar-refractivity contribution in [3.8, 4) is 5.75 Å². The van der Waals surface area contributed by atoms with Gasteiger partial charge in [-0.2, -0.15) is 0 Å². The third-order valence-corrected chi connectivity index (χ3v) is 4.02. The Morgan fingerprint density at radius 3 is 2.55 bits per heavy atom. The molecule has 1 aromatic rings. The molecular formula is C12H19N3O4S. The van der Waals surface area contributed by atoms with Gasteiger partial charge in [-0.25, -0.2) is 13.4 Å². The number of morpholine rings is 1. The highest BCUT2D eigenvalue weighted by Gasteiger charge is 2.17. The van der Waals surface area contributed by atoms with Crippen LogP contribution in [-0.2, 0) is 14.8 Å². The standard InChI is InChI=1S/C12H19N3O4S/c13-11-1-3-12(4-2-11)19-9-10-20(16,17)14-15-5-7-18-8-6-15/h1-4,14H,5-10,13H2. The number of nitrogens with two attached hydrogens (primary N) is 1. The van der Waals surface area contributed by atoms with Crippen LogP contribution in [0.4, 0.5) is 5.69 Å². The molecule has 1 aliphatic rings. The number of ether oxygens (including phenoxy) is 2. The Morgan fingerprint density at radius 2 is 1.90 bits per heavy atom. The highest BCUT2D eigenvalue weighted by molar-refractivity contribution is 7.89. The van der Waals surface area contributed by atoms with Crippen molar-refractivity contribution in [2.24, 2.45) is 0 Å². The van der Waals surface area contributed by atoms with E-state index < -0.39 is 10.0 Å². The highest BCUT2D eigenvalue weighted by Crippen LogP contribution is 2.12. The summed E-state index contributed by atoms with van der Waals surface area (Å²) in [5, 5.41) is 1.64. The number of rotatable bonds is 6. The summed E-state index contributed by atoms with van der Waals surface area (Å²) >= 11 is 0. The Labute approximate surface area is 118 Å². The number of benzene rings is 1. The van der Waals surface area contributed by atoms with E-state index in [4.69, 9.17) is 15.2 Å². The summed E-state index contributed by atoms with van der Waals surface area (Å²) in [7, 11) is -3.39. The number of hydrogen-bond acceptors (Lipinski definition) is 6. The maximum Gasteiger partial charge on any atom is 0.227 e. The zero-order valence-electron chi connectivity index (χ0n) is 11.1. The summed E-state index contributed by atoms with van der Waals surface area (Å²) in [5.41, 5.74) is 6.19. The minimum atomic E-state index is -3.39. The Balaban J connectivity index is 1.75. The number of sulfonamides is 1. The van der Waals surface area contributed by atoms with Crippen LogP contribution in [0.15, 0.2) is 24.3 Å². The van der Waals surface area contributed by atoms with Gasteiger partial charge in [-0.05, 0) is 24.3 Å². The molecule has 1 aliphatic heterocycles. The Morgan fingerprint density at radius 1 is 1.25 bits per heavy atom. The molecule has 0 aromatic heterocycles. The van der Waals surface area contributed by atoms with Crippen LogP contribution in [0.1, 0.15) is 0 Å². The van der Waals surface area contributed by atoms with Gasteiger partial charge < -0.3 is 15.2 Å². The molecule has 20 heavy (non-hydrogen) atoms. The Kier molecular flexibility index (Phi) is 5.18. The van der Waals surface area contributed by atoms with Crippen LogP contribution in [0.2, 0.25) is 0 Å². The van der Waals surface area contributed by atoms with Crippen molar-refractivity contribution >= 4 is 15.7 Å². The number of nitrogens with one attached hydrogen (secondary N) is 1. The second kappa shape index (κ2) is 6.89. The second-order valence-electron chi connectivity index (χ2n) is 4.43. The number of nitrogens with zero attached hydrogens (tertiary/aromatic N) is 1. The van der Waals surface area contributed by atoms with Crippen molar-refractivity contribution in [2.45, 2.75) is 0 Å². The molecule has 0 spiro atoms. The lowest BCUT2D eigenvalue weighted by atomic mass is 10.3. The highest BCUT2D eigenvalue weighted by atomic mass is 32.2. The molecule has 0 atom stereocenters. The first-order valence-electron chi connectivity index (χ1n) is 6.36. The fourth-order valence-electron chi connectivity index (χ4n) is 1.73. The monoisotopic (exact) mass is 301 g/mol.